The van der Waals surface area contributed by atoms with E-state index >= 15 is 0 Å². The van der Waals surface area contributed by atoms with Crippen molar-refractivity contribution in [3.63, 3.8) is 0 Å². The second kappa shape index (κ2) is 11.2. The number of nitrogens with zero attached hydrogens (tertiary/aromatic N) is 1. The van der Waals surface area contributed by atoms with Crippen molar-refractivity contribution in [2.75, 3.05) is 12.9 Å². The van der Waals surface area contributed by atoms with Gasteiger partial charge < -0.3 is 9.47 Å². The van der Waals surface area contributed by atoms with Crippen LogP contribution in [0.5, 0.6) is 11.5 Å². The van der Waals surface area contributed by atoms with Crippen LogP contribution in [-0.4, -0.2) is 25.0 Å². The van der Waals surface area contributed by atoms with Crippen LogP contribution in [0.2, 0.25) is 0 Å². The van der Waals surface area contributed by atoms with Crippen molar-refractivity contribution in [2.24, 2.45) is 5.10 Å². The van der Waals surface area contributed by atoms with Gasteiger partial charge in [0.1, 0.15) is 6.61 Å². The zero-order chi connectivity index (χ0) is 22.1. The Labute approximate surface area is 187 Å². The number of thioether (sulfide) groups is 1. The second-order valence-electron chi connectivity index (χ2n) is 7.02. The first-order valence-corrected chi connectivity index (χ1v) is 10.9. The topological polar surface area (TPSA) is 59.9 Å². The average Bonchev–Trinajstić information content (AvgIpc) is 2.78. The highest BCUT2D eigenvalue weighted by molar-refractivity contribution is 8.00. The first-order valence-electron chi connectivity index (χ1n) is 9.92. The van der Waals surface area contributed by atoms with Gasteiger partial charge in [-0.2, -0.15) is 5.10 Å². The Bertz CT molecular complexity index is 1050. The molecule has 1 N–H and O–H groups in total. The summed E-state index contributed by atoms with van der Waals surface area (Å²) in [5, 5.41) is 4.04. The summed E-state index contributed by atoms with van der Waals surface area (Å²) >= 11 is 1.47. The first-order chi connectivity index (χ1) is 15.0. The zero-order valence-corrected chi connectivity index (χ0v) is 18.7. The fourth-order valence-electron chi connectivity index (χ4n) is 2.81. The molecule has 0 unspecified atom stereocenters. The number of hydrogen-bond donors (Lipinski definition) is 1. The molecule has 31 heavy (non-hydrogen) atoms. The SMILES string of the molecule is COc1cc(/C=N/NC(=O)CSc2ccc(C)cc2)ccc1OCc1ccccc1C. The fourth-order valence-corrected chi connectivity index (χ4v) is 3.50. The lowest BCUT2D eigenvalue weighted by molar-refractivity contribution is -0.118. The summed E-state index contributed by atoms with van der Waals surface area (Å²) in [5.74, 6) is 1.40. The van der Waals surface area contributed by atoms with Gasteiger partial charge in [0.15, 0.2) is 11.5 Å². The number of rotatable bonds is 9. The fraction of sp³-hybridized carbons (Fsp3) is 0.200. The molecule has 0 aliphatic carbocycles. The summed E-state index contributed by atoms with van der Waals surface area (Å²) in [7, 11) is 1.60. The highest BCUT2D eigenvalue weighted by atomic mass is 32.2. The third kappa shape index (κ3) is 6.89. The molecule has 3 aromatic carbocycles. The molecule has 0 radical (unpaired) electrons. The summed E-state index contributed by atoms with van der Waals surface area (Å²) in [5.41, 5.74) is 6.86. The number of carbonyl (C=O) groups excluding carboxylic acids is 1. The molecule has 0 aliphatic rings. The lowest BCUT2D eigenvalue weighted by atomic mass is 10.1. The van der Waals surface area contributed by atoms with E-state index in [0.717, 1.165) is 16.0 Å². The van der Waals surface area contributed by atoms with E-state index in [2.05, 4.69) is 23.5 Å². The number of hydrazone groups is 1. The standard InChI is InChI=1S/C25H26N2O3S/c1-18-8-11-22(12-9-18)31-17-25(28)27-26-15-20-10-13-23(24(14-20)29-3)30-16-21-7-5-4-6-19(21)2/h4-15H,16-17H2,1-3H3,(H,27,28)/b26-15+. The highest BCUT2D eigenvalue weighted by Gasteiger charge is 2.07. The number of hydrogen-bond acceptors (Lipinski definition) is 5. The van der Waals surface area contributed by atoms with Crippen LogP contribution in [-0.2, 0) is 11.4 Å². The van der Waals surface area contributed by atoms with Gasteiger partial charge in [0.05, 0.1) is 19.1 Å². The van der Waals surface area contributed by atoms with Crippen molar-refractivity contribution in [1.29, 1.82) is 0 Å². The van der Waals surface area contributed by atoms with Crippen molar-refractivity contribution in [2.45, 2.75) is 25.3 Å². The molecule has 1 amide bonds. The van der Waals surface area contributed by atoms with Gasteiger partial charge in [0.2, 0.25) is 5.91 Å². The lowest BCUT2D eigenvalue weighted by Crippen LogP contribution is -2.19. The van der Waals surface area contributed by atoms with Gasteiger partial charge in [-0.25, -0.2) is 5.43 Å². The summed E-state index contributed by atoms with van der Waals surface area (Å²) in [6.07, 6.45) is 1.59. The molecular formula is C25H26N2O3S. The Balaban J connectivity index is 1.52. The normalized spacial score (nSPS) is 10.8. The third-order valence-electron chi connectivity index (χ3n) is 4.63. The number of ether oxygens (including phenoxy) is 2. The predicted molar refractivity (Wildman–Crippen MR) is 126 cm³/mol. The van der Waals surface area contributed by atoms with E-state index in [-0.39, 0.29) is 5.91 Å². The van der Waals surface area contributed by atoms with Crippen LogP contribution in [0.4, 0.5) is 0 Å². The number of benzene rings is 3. The molecule has 3 rings (SSSR count). The highest BCUT2D eigenvalue weighted by Crippen LogP contribution is 2.28. The average molecular weight is 435 g/mol. The summed E-state index contributed by atoms with van der Waals surface area (Å²) in [6, 6.07) is 21.7. The maximum atomic E-state index is 12.0. The van der Waals surface area contributed by atoms with Crippen LogP contribution < -0.4 is 14.9 Å². The van der Waals surface area contributed by atoms with Gasteiger partial charge in [-0.15, -0.1) is 11.8 Å². The molecule has 0 aliphatic heterocycles. The van der Waals surface area contributed by atoms with Crippen molar-refractivity contribution < 1.29 is 14.3 Å². The molecule has 0 saturated carbocycles. The van der Waals surface area contributed by atoms with Crippen LogP contribution >= 0.6 is 11.8 Å². The molecule has 3 aromatic rings. The summed E-state index contributed by atoms with van der Waals surface area (Å²) in [4.78, 5) is 13.1. The molecule has 0 spiro atoms. The molecule has 0 bridgehead atoms. The predicted octanol–water partition coefficient (Wildman–Crippen LogP) is 5.13. The van der Waals surface area contributed by atoms with E-state index in [4.69, 9.17) is 9.47 Å². The number of methoxy groups -OCH3 is 1. The maximum Gasteiger partial charge on any atom is 0.250 e. The quantitative estimate of drug-likeness (QED) is 0.288. The van der Waals surface area contributed by atoms with Crippen LogP contribution in [0.1, 0.15) is 22.3 Å². The van der Waals surface area contributed by atoms with Crippen molar-refractivity contribution in [1.82, 2.24) is 5.43 Å². The van der Waals surface area contributed by atoms with Crippen LogP contribution in [0.25, 0.3) is 0 Å². The molecule has 160 valence electrons. The van der Waals surface area contributed by atoms with Crippen molar-refractivity contribution in [3.8, 4) is 11.5 Å². The Morgan fingerprint density at radius 1 is 1.03 bits per heavy atom. The molecule has 6 heteroatoms. The Morgan fingerprint density at radius 2 is 1.81 bits per heavy atom. The third-order valence-corrected chi connectivity index (χ3v) is 5.64. The van der Waals surface area contributed by atoms with Gasteiger partial charge in [0.25, 0.3) is 0 Å². The Kier molecular flexibility index (Phi) is 8.12. The van der Waals surface area contributed by atoms with Gasteiger partial charge in [-0.05, 0) is 60.9 Å². The Morgan fingerprint density at radius 3 is 2.55 bits per heavy atom. The van der Waals surface area contributed by atoms with E-state index in [0.29, 0.717) is 23.9 Å². The van der Waals surface area contributed by atoms with Crippen molar-refractivity contribution >= 4 is 23.9 Å². The van der Waals surface area contributed by atoms with Crippen LogP contribution in [0.3, 0.4) is 0 Å². The van der Waals surface area contributed by atoms with E-state index in [1.165, 1.54) is 22.9 Å². The molecule has 0 saturated heterocycles. The summed E-state index contributed by atoms with van der Waals surface area (Å²) in [6.45, 7) is 4.56. The molecule has 0 atom stereocenters. The molecule has 0 fully saturated rings. The second-order valence-corrected chi connectivity index (χ2v) is 8.07. The van der Waals surface area contributed by atoms with E-state index in [1.807, 2.05) is 67.6 Å². The molecular weight excluding hydrogens is 408 g/mol. The number of carbonyl (C=O) groups is 1. The Hall–Kier alpha value is -3.25. The smallest absolute Gasteiger partial charge is 0.250 e. The monoisotopic (exact) mass is 434 g/mol. The van der Waals surface area contributed by atoms with E-state index < -0.39 is 0 Å². The molecule has 5 nitrogen and oxygen atoms in total. The lowest BCUT2D eigenvalue weighted by Gasteiger charge is -2.12. The largest absolute Gasteiger partial charge is 0.493 e. The van der Waals surface area contributed by atoms with E-state index in [1.54, 1.807) is 13.3 Å². The minimum atomic E-state index is -0.160. The zero-order valence-electron chi connectivity index (χ0n) is 17.9. The van der Waals surface area contributed by atoms with Gasteiger partial charge in [0, 0.05) is 4.90 Å². The maximum absolute atomic E-state index is 12.0. The van der Waals surface area contributed by atoms with Gasteiger partial charge in [-0.3, -0.25) is 4.79 Å². The number of nitrogens with one attached hydrogen (secondary N) is 1. The van der Waals surface area contributed by atoms with Crippen LogP contribution in [0, 0.1) is 13.8 Å². The summed E-state index contributed by atoms with van der Waals surface area (Å²) < 4.78 is 11.4. The molecule has 0 aromatic heterocycles. The first kappa shape index (κ1) is 22.4. The minimum Gasteiger partial charge on any atom is -0.493 e. The minimum absolute atomic E-state index is 0.160. The number of amides is 1. The molecule has 0 heterocycles. The number of aryl methyl sites for hydroxylation is 2. The van der Waals surface area contributed by atoms with Gasteiger partial charge in [-0.1, -0.05) is 42.0 Å². The van der Waals surface area contributed by atoms with Crippen LogP contribution in [0.15, 0.2) is 76.7 Å². The van der Waals surface area contributed by atoms with Crippen molar-refractivity contribution in [3.05, 3.63) is 89.0 Å². The van der Waals surface area contributed by atoms with E-state index in [9.17, 15) is 4.79 Å². The van der Waals surface area contributed by atoms with Gasteiger partial charge >= 0.3 is 0 Å².